The van der Waals surface area contributed by atoms with Crippen LogP contribution >= 0.6 is 0 Å². The Hall–Kier alpha value is -0.650. The molecule has 4 saturated carbocycles. The van der Waals surface area contributed by atoms with Crippen LogP contribution in [-0.2, 0) is 4.79 Å². The minimum Gasteiger partial charge on any atom is -0.359 e. The summed E-state index contributed by atoms with van der Waals surface area (Å²) >= 11 is 0. The summed E-state index contributed by atoms with van der Waals surface area (Å²) in [4.78, 5) is 11.8. The van der Waals surface area contributed by atoms with Gasteiger partial charge in [0.05, 0.1) is 0 Å². The van der Waals surface area contributed by atoms with Gasteiger partial charge in [0, 0.05) is 26.1 Å². The van der Waals surface area contributed by atoms with Gasteiger partial charge >= 0.3 is 0 Å². The number of hydrazine groups is 1. The molecule has 33 heavy (non-hydrogen) atoms. The maximum atomic E-state index is 11.8. The van der Waals surface area contributed by atoms with Crippen molar-refractivity contribution in [3.8, 4) is 0 Å². The number of nitrogens with two attached hydrogens (primary N) is 1. The predicted octanol–water partition coefficient (Wildman–Crippen LogP) is 4.62. The lowest BCUT2D eigenvalue weighted by Crippen LogP contribution is -2.55. The van der Waals surface area contributed by atoms with Crippen LogP contribution in [0.15, 0.2) is 0 Å². The van der Waals surface area contributed by atoms with Gasteiger partial charge in [0.2, 0.25) is 5.91 Å². The number of amides is 1. The van der Waals surface area contributed by atoms with Crippen molar-refractivity contribution in [2.24, 2.45) is 52.2 Å². The molecule has 9 unspecified atom stereocenters. The fourth-order valence-corrected chi connectivity index (χ4v) is 9.60. The lowest BCUT2D eigenvalue weighted by atomic mass is 9.44. The van der Waals surface area contributed by atoms with E-state index in [2.05, 4.69) is 36.8 Å². The van der Waals surface area contributed by atoms with Crippen molar-refractivity contribution < 1.29 is 4.79 Å². The van der Waals surface area contributed by atoms with E-state index >= 15 is 0 Å². The molecule has 5 N–H and O–H groups in total. The molecule has 0 spiro atoms. The summed E-state index contributed by atoms with van der Waals surface area (Å²) in [6.07, 6.45) is 15.6. The number of hydrogen-bond acceptors (Lipinski definition) is 4. The van der Waals surface area contributed by atoms with E-state index in [0.717, 1.165) is 55.5 Å². The second kappa shape index (κ2) is 10.5. The Morgan fingerprint density at radius 3 is 2.52 bits per heavy atom. The Kier molecular flexibility index (Phi) is 8.12. The number of fused-ring (bicyclic) bond motifs is 5. The summed E-state index contributed by atoms with van der Waals surface area (Å²) in [7, 11) is 1.76. The molecule has 4 aliphatic carbocycles. The molecule has 0 bridgehead atoms. The molecular formula is C28H52N4O. The molecule has 0 radical (unpaired) electrons. The molecule has 4 rings (SSSR count). The minimum atomic E-state index is 0.206. The van der Waals surface area contributed by atoms with E-state index in [9.17, 15) is 4.79 Å². The predicted molar refractivity (Wildman–Crippen MR) is 136 cm³/mol. The van der Waals surface area contributed by atoms with Crippen molar-refractivity contribution in [3.63, 3.8) is 0 Å². The van der Waals surface area contributed by atoms with Gasteiger partial charge in [-0.25, -0.2) is 0 Å². The Balaban J connectivity index is 1.38. The van der Waals surface area contributed by atoms with Gasteiger partial charge < -0.3 is 10.6 Å². The quantitative estimate of drug-likeness (QED) is 0.230. The Bertz CT molecular complexity index is 670. The highest BCUT2D eigenvalue weighted by atomic mass is 16.1. The van der Waals surface area contributed by atoms with Gasteiger partial charge in [-0.1, -0.05) is 20.8 Å². The second-order valence-electron chi connectivity index (χ2n) is 12.8. The zero-order valence-electron chi connectivity index (χ0n) is 21.9. The smallest absolute Gasteiger partial charge is 0.219 e. The zero-order valence-corrected chi connectivity index (χ0v) is 21.9. The third kappa shape index (κ3) is 4.89. The van der Waals surface area contributed by atoms with E-state index in [4.69, 9.17) is 5.84 Å². The Labute approximate surface area is 203 Å². The van der Waals surface area contributed by atoms with Crippen LogP contribution < -0.4 is 21.9 Å². The first-order chi connectivity index (χ1) is 15.8. The van der Waals surface area contributed by atoms with Crippen LogP contribution in [0.2, 0.25) is 0 Å². The van der Waals surface area contributed by atoms with E-state index < -0.39 is 0 Å². The Morgan fingerprint density at radius 2 is 1.76 bits per heavy atom. The first kappa shape index (κ1) is 25.4. The summed E-state index contributed by atoms with van der Waals surface area (Å²) in [5, 5.41) is 6.65. The van der Waals surface area contributed by atoms with Crippen LogP contribution in [0.25, 0.3) is 0 Å². The monoisotopic (exact) mass is 460 g/mol. The molecule has 4 aliphatic rings. The normalized spacial score (nSPS) is 43.3. The number of nitrogens with one attached hydrogen (secondary N) is 3. The number of carbonyl (C=O) groups excluding carboxylic acids is 1. The van der Waals surface area contributed by atoms with Crippen LogP contribution in [0.3, 0.4) is 0 Å². The van der Waals surface area contributed by atoms with Crippen molar-refractivity contribution in [3.05, 3.63) is 0 Å². The highest BCUT2D eigenvalue weighted by Crippen LogP contribution is 2.68. The summed E-state index contributed by atoms with van der Waals surface area (Å²) < 4.78 is 0. The highest BCUT2D eigenvalue weighted by Gasteiger charge is 2.60. The summed E-state index contributed by atoms with van der Waals surface area (Å²) in [6, 6.07) is 0.711. The molecule has 0 aromatic rings. The fourth-order valence-electron chi connectivity index (χ4n) is 9.60. The van der Waals surface area contributed by atoms with Crippen LogP contribution in [-0.4, -0.2) is 32.1 Å². The summed E-state index contributed by atoms with van der Waals surface area (Å²) in [5.41, 5.74) is 3.84. The summed E-state index contributed by atoms with van der Waals surface area (Å²) in [5.74, 6) is 10.8. The molecular weight excluding hydrogens is 408 g/mol. The van der Waals surface area contributed by atoms with Crippen molar-refractivity contribution in [2.45, 2.75) is 104 Å². The molecule has 5 nitrogen and oxygen atoms in total. The molecule has 4 fully saturated rings. The molecule has 0 saturated heterocycles. The van der Waals surface area contributed by atoms with Crippen LogP contribution in [0.1, 0.15) is 97.8 Å². The van der Waals surface area contributed by atoms with Crippen LogP contribution in [0, 0.1) is 46.3 Å². The third-order valence-corrected chi connectivity index (χ3v) is 11.5. The standard InChI is InChI=1S/C28H52N4O/c1-19(6-11-26(33)30-4)23-9-10-24-22-8-7-20-18-21(31-16-5-17-32-29)12-14-27(20,2)25(22)13-15-28(23,24)3/h19-25,31-32H,5-18,29H2,1-4H3,(H,30,33). The van der Waals surface area contributed by atoms with Crippen molar-refractivity contribution in [1.29, 1.82) is 0 Å². The highest BCUT2D eigenvalue weighted by molar-refractivity contribution is 5.75. The van der Waals surface area contributed by atoms with E-state index in [1.165, 1.54) is 57.8 Å². The van der Waals surface area contributed by atoms with Gasteiger partial charge in [0.25, 0.3) is 0 Å². The average Bonchev–Trinajstić information content (AvgIpc) is 3.17. The van der Waals surface area contributed by atoms with Gasteiger partial charge in [0.15, 0.2) is 0 Å². The molecule has 190 valence electrons. The minimum absolute atomic E-state index is 0.206. The molecule has 0 aromatic carbocycles. The molecule has 9 atom stereocenters. The molecule has 1 amide bonds. The second-order valence-corrected chi connectivity index (χ2v) is 12.8. The average molecular weight is 461 g/mol. The van der Waals surface area contributed by atoms with Gasteiger partial charge in [-0.2, -0.15) is 0 Å². The largest absolute Gasteiger partial charge is 0.359 e. The SMILES string of the molecule is CNC(=O)CCC(C)C1CCC2C3CCC4CC(NCCCNN)CCC4(C)C3CCC12C. The number of carbonyl (C=O) groups is 1. The van der Waals surface area contributed by atoms with E-state index in [1.807, 2.05) is 0 Å². The summed E-state index contributed by atoms with van der Waals surface area (Å²) in [6.45, 7) is 9.75. The first-order valence-electron chi connectivity index (χ1n) is 14.2. The number of rotatable bonds is 9. The van der Waals surface area contributed by atoms with E-state index in [1.54, 1.807) is 7.05 Å². The van der Waals surface area contributed by atoms with E-state index in [0.29, 0.717) is 29.2 Å². The first-order valence-corrected chi connectivity index (χ1v) is 14.2. The van der Waals surface area contributed by atoms with Gasteiger partial charge in [-0.05, 0) is 124 Å². The Morgan fingerprint density at radius 1 is 1.00 bits per heavy atom. The number of hydrogen-bond donors (Lipinski definition) is 4. The van der Waals surface area contributed by atoms with Crippen molar-refractivity contribution in [1.82, 2.24) is 16.1 Å². The van der Waals surface area contributed by atoms with Gasteiger partial charge in [0.1, 0.15) is 0 Å². The zero-order chi connectivity index (χ0) is 23.6. The van der Waals surface area contributed by atoms with Crippen LogP contribution in [0.5, 0.6) is 0 Å². The maximum Gasteiger partial charge on any atom is 0.219 e. The topological polar surface area (TPSA) is 79.2 Å². The van der Waals surface area contributed by atoms with E-state index in [-0.39, 0.29) is 5.91 Å². The van der Waals surface area contributed by atoms with Crippen LogP contribution in [0.4, 0.5) is 0 Å². The van der Waals surface area contributed by atoms with Gasteiger partial charge in [-0.15, -0.1) is 0 Å². The lowest BCUT2D eigenvalue weighted by Gasteiger charge is -2.61. The molecule has 0 heterocycles. The lowest BCUT2D eigenvalue weighted by molar-refractivity contribution is -0.122. The fraction of sp³-hybridized carbons (Fsp3) is 0.964. The molecule has 0 aromatic heterocycles. The molecule has 0 aliphatic heterocycles. The third-order valence-electron chi connectivity index (χ3n) is 11.5. The van der Waals surface area contributed by atoms with Crippen molar-refractivity contribution in [2.75, 3.05) is 20.1 Å². The van der Waals surface area contributed by atoms with Crippen molar-refractivity contribution >= 4 is 5.91 Å². The van der Waals surface area contributed by atoms with Gasteiger partial charge in [-0.3, -0.25) is 16.1 Å². The molecule has 5 heteroatoms. The maximum absolute atomic E-state index is 11.8.